The quantitative estimate of drug-likeness (QED) is 0.824. The van der Waals surface area contributed by atoms with Gasteiger partial charge in [0.1, 0.15) is 6.61 Å². The third kappa shape index (κ3) is 3.48. The Morgan fingerprint density at radius 3 is 2.77 bits per heavy atom. The Hall–Kier alpha value is -2.77. The lowest BCUT2D eigenvalue weighted by atomic mass is 9.95. The summed E-state index contributed by atoms with van der Waals surface area (Å²) in [6.45, 7) is 2.69. The first kappa shape index (κ1) is 19.2. The van der Waals surface area contributed by atoms with Gasteiger partial charge in [-0.05, 0) is 31.7 Å². The first-order valence-electron chi connectivity index (χ1n) is 10.9. The van der Waals surface area contributed by atoms with Crippen LogP contribution in [0.5, 0.6) is 11.6 Å². The van der Waals surface area contributed by atoms with Crippen molar-refractivity contribution >= 4 is 17.5 Å². The van der Waals surface area contributed by atoms with Gasteiger partial charge in [-0.1, -0.05) is 12.8 Å². The van der Waals surface area contributed by atoms with Crippen LogP contribution in [0.25, 0.3) is 0 Å². The SMILES string of the molecule is COc1cc(N2CCC(Nc3ncc4c(n3)N(C)C3(CCCC3)CO4)CC2)ccn1. The molecule has 1 N–H and O–H groups in total. The van der Waals surface area contributed by atoms with Crippen LogP contribution in [0.4, 0.5) is 17.5 Å². The molecule has 0 atom stereocenters. The molecule has 3 aliphatic rings. The lowest BCUT2D eigenvalue weighted by molar-refractivity contribution is 0.192. The average molecular weight is 411 g/mol. The van der Waals surface area contributed by atoms with Crippen molar-refractivity contribution in [3.05, 3.63) is 24.5 Å². The maximum absolute atomic E-state index is 6.04. The first-order valence-corrected chi connectivity index (χ1v) is 10.9. The van der Waals surface area contributed by atoms with E-state index < -0.39 is 0 Å². The fraction of sp³-hybridized carbons (Fsp3) is 0.591. The van der Waals surface area contributed by atoms with Gasteiger partial charge < -0.3 is 24.6 Å². The third-order valence-corrected chi connectivity index (χ3v) is 6.92. The zero-order valence-corrected chi connectivity index (χ0v) is 17.8. The lowest BCUT2D eigenvalue weighted by Gasteiger charge is -2.43. The second-order valence-electron chi connectivity index (χ2n) is 8.62. The maximum atomic E-state index is 6.04. The third-order valence-electron chi connectivity index (χ3n) is 6.92. The van der Waals surface area contributed by atoms with E-state index in [0.29, 0.717) is 17.9 Å². The Morgan fingerprint density at radius 2 is 2.00 bits per heavy atom. The number of rotatable bonds is 4. The lowest BCUT2D eigenvalue weighted by Crippen LogP contribution is -2.52. The van der Waals surface area contributed by atoms with Crippen molar-refractivity contribution in [1.82, 2.24) is 15.0 Å². The Bertz CT molecular complexity index is 893. The Labute approximate surface area is 177 Å². The smallest absolute Gasteiger partial charge is 0.225 e. The number of hydrogen-bond donors (Lipinski definition) is 1. The Morgan fingerprint density at radius 1 is 1.20 bits per heavy atom. The first-order chi connectivity index (χ1) is 14.7. The monoisotopic (exact) mass is 410 g/mol. The molecule has 2 aromatic rings. The minimum Gasteiger partial charge on any atom is -0.486 e. The molecule has 0 amide bonds. The highest BCUT2D eigenvalue weighted by molar-refractivity contribution is 5.58. The number of fused-ring (bicyclic) bond motifs is 1. The number of nitrogens with one attached hydrogen (secondary N) is 1. The minimum atomic E-state index is 0.107. The van der Waals surface area contributed by atoms with E-state index in [9.17, 15) is 0 Å². The van der Waals surface area contributed by atoms with E-state index in [-0.39, 0.29) is 5.54 Å². The van der Waals surface area contributed by atoms with E-state index in [1.165, 1.54) is 25.7 Å². The molecule has 30 heavy (non-hydrogen) atoms. The van der Waals surface area contributed by atoms with Crippen LogP contribution in [-0.2, 0) is 0 Å². The van der Waals surface area contributed by atoms with Gasteiger partial charge >= 0.3 is 0 Å². The summed E-state index contributed by atoms with van der Waals surface area (Å²) in [4.78, 5) is 18.3. The molecule has 2 aromatic heterocycles. The molecular formula is C22H30N6O2. The largest absolute Gasteiger partial charge is 0.486 e. The topological polar surface area (TPSA) is 75.6 Å². The maximum Gasteiger partial charge on any atom is 0.225 e. The van der Waals surface area contributed by atoms with Crippen LogP contribution in [-0.4, -0.2) is 60.4 Å². The number of methoxy groups -OCH3 is 1. The highest BCUT2D eigenvalue weighted by Crippen LogP contribution is 2.43. The zero-order chi connectivity index (χ0) is 20.6. The summed E-state index contributed by atoms with van der Waals surface area (Å²) >= 11 is 0. The number of pyridine rings is 1. The molecule has 0 radical (unpaired) electrons. The van der Waals surface area contributed by atoms with Gasteiger partial charge in [0, 0.05) is 44.1 Å². The number of anilines is 3. The molecule has 0 aromatic carbocycles. The molecule has 1 saturated carbocycles. The van der Waals surface area contributed by atoms with Crippen molar-refractivity contribution in [1.29, 1.82) is 0 Å². The van der Waals surface area contributed by atoms with Crippen LogP contribution < -0.4 is 24.6 Å². The standard InChI is InChI=1S/C22H30N6O2/c1-27-20-18(30-15-22(27)8-3-4-9-22)14-24-21(26-20)25-16-6-11-28(12-7-16)17-5-10-23-19(13-17)29-2/h5,10,13-14,16H,3-4,6-9,11-12,15H2,1-2H3,(H,24,25,26). The van der Waals surface area contributed by atoms with Crippen LogP contribution in [0, 0.1) is 0 Å². The summed E-state index contributed by atoms with van der Waals surface area (Å²) < 4.78 is 11.3. The fourth-order valence-corrected chi connectivity index (χ4v) is 4.99. The zero-order valence-electron chi connectivity index (χ0n) is 17.8. The van der Waals surface area contributed by atoms with E-state index in [1.807, 2.05) is 18.3 Å². The summed E-state index contributed by atoms with van der Waals surface area (Å²) in [5.74, 6) is 3.06. The summed E-state index contributed by atoms with van der Waals surface area (Å²) in [5.41, 5.74) is 1.27. The predicted octanol–water partition coefficient (Wildman–Crippen LogP) is 3.10. The van der Waals surface area contributed by atoms with Gasteiger partial charge in [-0.3, -0.25) is 0 Å². The predicted molar refractivity (Wildman–Crippen MR) is 117 cm³/mol. The molecule has 4 heterocycles. The van der Waals surface area contributed by atoms with Gasteiger partial charge in [0.05, 0.1) is 18.8 Å². The highest BCUT2D eigenvalue weighted by Gasteiger charge is 2.43. The molecule has 1 saturated heterocycles. The van der Waals surface area contributed by atoms with Gasteiger partial charge in [-0.15, -0.1) is 0 Å². The number of aromatic nitrogens is 3. The molecule has 5 rings (SSSR count). The fourth-order valence-electron chi connectivity index (χ4n) is 4.99. The molecule has 0 bridgehead atoms. The number of nitrogens with zero attached hydrogens (tertiary/aromatic N) is 5. The number of piperidine rings is 1. The second kappa shape index (κ2) is 7.81. The molecule has 8 heteroatoms. The molecule has 8 nitrogen and oxygen atoms in total. The number of hydrogen-bond acceptors (Lipinski definition) is 8. The normalized spacial score (nSPS) is 20.7. The Kier molecular flexibility index (Phi) is 5.00. The van der Waals surface area contributed by atoms with E-state index in [4.69, 9.17) is 14.5 Å². The summed E-state index contributed by atoms with van der Waals surface area (Å²) in [6, 6.07) is 4.39. The summed E-state index contributed by atoms with van der Waals surface area (Å²) in [7, 11) is 3.81. The molecule has 1 spiro atoms. The van der Waals surface area contributed by atoms with E-state index >= 15 is 0 Å². The van der Waals surface area contributed by atoms with Gasteiger partial charge in [0.15, 0.2) is 11.6 Å². The number of ether oxygens (including phenoxy) is 2. The van der Waals surface area contributed by atoms with Gasteiger partial charge in [-0.2, -0.15) is 4.98 Å². The van der Waals surface area contributed by atoms with Crippen molar-refractivity contribution in [2.24, 2.45) is 0 Å². The van der Waals surface area contributed by atoms with Crippen LogP contribution >= 0.6 is 0 Å². The molecule has 160 valence electrons. The van der Waals surface area contributed by atoms with Crippen LogP contribution in [0.2, 0.25) is 0 Å². The van der Waals surface area contributed by atoms with Crippen LogP contribution in [0.1, 0.15) is 38.5 Å². The highest BCUT2D eigenvalue weighted by atomic mass is 16.5. The summed E-state index contributed by atoms with van der Waals surface area (Å²) in [5, 5.41) is 3.56. The summed E-state index contributed by atoms with van der Waals surface area (Å²) in [6.07, 6.45) is 10.6. The molecule has 2 aliphatic heterocycles. The van der Waals surface area contributed by atoms with Crippen LogP contribution in [0.15, 0.2) is 24.5 Å². The minimum absolute atomic E-state index is 0.107. The molecular weight excluding hydrogens is 380 g/mol. The van der Waals surface area contributed by atoms with Crippen molar-refractivity contribution in [2.45, 2.75) is 50.1 Å². The van der Waals surface area contributed by atoms with Crippen molar-refractivity contribution < 1.29 is 9.47 Å². The molecule has 1 aliphatic carbocycles. The molecule has 2 fully saturated rings. The van der Waals surface area contributed by atoms with Crippen molar-refractivity contribution in [3.63, 3.8) is 0 Å². The number of likely N-dealkylation sites (N-methyl/N-ethyl adjacent to an activating group) is 1. The Balaban J connectivity index is 1.24. The molecule has 0 unspecified atom stereocenters. The van der Waals surface area contributed by atoms with E-state index in [1.54, 1.807) is 13.3 Å². The second-order valence-corrected chi connectivity index (χ2v) is 8.62. The van der Waals surface area contributed by atoms with Gasteiger partial charge in [-0.25, -0.2) is 9.97 Å². The van der Waals surface area contributed by atoms with Crippen molar-refractivity contribution in [3.8, 4) is 11.6 Å². The van der Waals surface area contributed by atoms with Gasteiger partial charge in [0.2, 0.25) is 11.8 Å². The van der Waals surface area contributed by atoms with Gasteiger partial charge in [0.25, 0.3) is 0 Å². The van der Waals surface area contributed by atoms with Crippen molar-refractivity contribution in [2.75, 3.05) is 49.0 Å². The van der Waals surface area contributed by atoms with Crippen LogP contribution in [0.3, 0.4) is 0 Å². The van der Waals surface area contributed by atoms with E-state index in [0.717, 1.165) is 49.8 Å². The van der Waals surface area contributed by atoms with E-state index in [2.05, 4.69) is 32.1 Å². The average Bonchev–Trinajstić information content (AvgIpc) is 3.27.